The van der Waals surface area contributed by atoms with Crippen LogP contribution < -0.4 is 15.6 Å². The Morgan fingerprint density at radius 3 is 2.52 bits per heavy atom. The number of nitrogens with two attached hydrogens (primary N) is 1. The number of rotatable bonds is 5. The molecule has 0 fully saturated rings. The number of nitrogens with zero attached hydrogens (tertiary/aromatic N) is 2. The molecule has 0 saturated carbocycles. The molecule has 1 heterocycles. The summed E-state index contributed by atoms with van der Waals surface area (Å²) in [5.41, 5.74) is 3.07. The summed E-state index contributed by atoms with van der Waals surface area (Å²) in [6.45, 7) is 0.0455. The highest BCUT2D eigenvalue weighted by Crippen LogP contribution is 2.18. The van der Waals surface area contributed by atoms with Gasteiger partial charge in [-0.1, -0.05) is 12.1 Å². The highest BCUT2D eigenvalue weighted by atomic mass is 32.2. The van der Waals surface area contributed by atoms with Crippen LogP contribution in [0.25, 0.3) is 0 Å². The van der Waals surface area contributed by atoms with E-state index in [-0.39, 0.29) is 12.6 Å². The molecule has 3 N–H and O–H groups in total. The topological polar surface area (TPSA) is 119 Å². The number of benzene rings is 1. The predicted molar refractivity (Wildman–Crippen MR) is 75.6 cm³/mol. The SMILES string of the molecule is CS(=O)(=O)N(Cc1ccc(C(=O)NN)cc1)c1ncco1. The quantitative estimate of drug-likeness (QED) is 0.464. The van der Waals surface area contributed by atoms with Crippen molar-refractivity contribution in [1.29, 1.82) is 0 Å². The Kier molecular flexibility index (Phi) is 4.24. The van der Waals surface area contributed by atoms with Gasteiger partial charge in [-0.3, -0.25) is 10.2 Å². The van der Waals surface area contributed by atoms with Gasteiger partial charge in [0, 0.05) is 5.56 Å². The normalized spacial score (nSPS) is 11.1. The molecule has 1 amide bonds. The lowest BCUT2D eigenvalue weighted by Gasteiger charge is -2.18. The van der Waals surface area contributed by atoms with Crippen molar-refractivity contribution < 1.29 is 17.6 Å². The Morgan fingerprint density at radius 1 is 1.38 bits per heavy atom. The second kappa shape index (κ2) is 5.94. The molecule has 0 spiro atoms. The Balaban J connectivity index is 2.24. The van der Waals surface area contributed by atoms with Crippen LogP contribution in [0, 0.1) is 0 Å². The number of hydrogen-bond acceptors (Lipinski definition) is 6. The van der Waals surface area contributed by atoms with E-state index >= 15 is 0 Å². The van der Waals surface area contributed by atoms with Crippen LogP contribution in [0.15, 0.2) is 41.1 Å². The van der Waals surface area contributed by atoms with Crippen LogP contribution >= 0.6 is 0 Å². The molecule has 0 unspecified atom stereocenters. The second-order valence-corrected chi connectivity index (χ2v) is 6.16. The van der Waals surface area contributed by atoms with E-state index < -0.39 is 15.9 Å². The molecule has 0 radical (unpaired) electrons. The van der Waals surface area contributed by atoms with E-state index in [0.717, 1.165) is 10.6 Å². The molecule has 1 aromatic carbocycles. The van der Waals surface area contributed by atoms with Gasteiger partial charge in [-0.2, -0.15) is 0 Å². The van der Waals surface area contributed by atoms with E-state index in [2.05, 4.69) is 4.98 Å². The molecule has 0 aliphatic heterocycles. The Hall–Kier alpha value is -2.39. The fourth-order valence-corrected chi connectivity index (χ4v) is 2.43. The molecule has 1 aromatic heterocycles. The highest BCUT2D eigenvalue weighted by Gasteiger charge is 2.21. The highest BCUT2D eigenvalue weighted by molar-refractivity contribution is 7.92. The van der Waals surface area contributed by atoms with E-state index in [1.807, 2.05) is 5.43 Å². The van der Waals surface area contributed by atoms with Crippen LogP contribution in [0.5, 0.6) is 0 Å². The monoisotopic (exact) mass is 310 g/mol. The molecule has 0 saturated heterocycles. The maximum Gasteiger partial charge on any atom is 0.311 e. The van der Waals surface area contributed by atoms with Crippen molar-refractivity contribution in [1.82, 2.24) is 10.4 Å². The van der Waals surface area contributed by atoms with Crippen molar-refractivity contribution in [2.45, 2.75) is 6.54 Å². The van der Waals surface area contributed by atoms with Crippen molar-refractivity contribution in [3.8, 4) is 0 Å². The van der Waals surface area contributed by atoms with Gasteiger partial charge in [-0.05, 0) is 17.7 Å². The predicted octanol–water partition coefficient (Wildman–Crippen LogP) is 0.244. The zero-order valence-electron chi connectivity index (χ0n) is 11.2. The summed E-state index contributed by atoms with van der Waals surface area (Å²) in [6.07, 6.45) is 3.72. The van der Waals surface area contributed by atoms with Crippen molar-refractivity contribution >= 4 is 21.9 Å². The Labute approximate surface area is 121 Å². The summed E-state index contributed by atoms with van der Waals surface area (Å²) in [5, 5.41) is 0. The molecule has 9 heteroatoms. The van der Waals surface area contributed by atoms with Crippen LogP contribution in [-0.2, 0) is 16.6 Å². The lowest BCUT2D eigenvalue weighted by molar-refractivity contribution is 0.0953. The summed E-state index contributed by atoms with van der Waals surface area (Å²) in [7, 11) is -3.54. The maximum atomic E-state index is 11.8. The summed E-state index contributed by atoms with van der Waals surface area (Å²) < 4.78 is 29.7. The number of anilines is 1. The Bertz CT molecular complexity index is 710. The third-order valence-electron chi connectivity index (χ3n) is 2.71. The summed E-state index contributed by atoms with van der Waals surface area (Å²) >= 11 is 0. The fraction of sp³-hybridized carbons (Fsp3) is 0.167. The molecule has 2 rings (SSSR count). The number of sulfonamides is 1. The zero-order valence-corrected chi connectivity index (χ0v) is 12.0. The minimum absolute atomic E-state index is 0.0127. The lowest BCUT2D eigenvalue weighted by Crippen LogP contribution is -2.30. The number of carbonyl (C=O) groups excluding carboxylic acids is 1. The molecular weight excluding hydrogens is 296 g/mol. The maximum absolute atomic E-state index is 11.8. The van der Waals surface area contributed by atoms with Crippen LogP contribution in [0.4, 0.5) is 6.01 Å². The number of hydrogen-bond donors (Lipinski definition) is 2. The van der Waals surface area contributed by atoms with Gasteiger partial charge < -0.3 is 4.42 Å². The lowest BCUT2D eigenvalue weighted by atomic mass is 10.1. The molecule has 0 aliphatic rings. The fourth-order valence-electron chi connectivity index (χ4n) is 1.68. The largest absolute Gasteiger partial charge is 0.431 e. The van der Waals surface area contributed by atoms with Gasteiger partial charge in [-0.15, -0.1) is 0 Å². The molecule has 0 atom stereocenters. The number of hydrazine groups is 1. The van der Waals surface area contributed by atoms with Gasteiger partial charge in [-0.25, -0.2) is 23.5 Å². The van der Waals surface area contributed by atoms with E-state index in [1.54, 1.807) is 24.3 Å². The van der Waals surface area contributed by atoms with Gasteiger partial charge in [0.1, 0.15) is 6.26 Å². The van der Waals surface area contributed by atoms with Gasteiger partial charge in [0.2, 0.25) is 10.0 Å². The van der Waals surface area contributed by atoms with E-state index in [9.17, 15) is 13.2 Å². The molecule has 0 aliphatic carbocycles. The Morgan fingerprint density at radius 2 is 2.05 bits per heavy atom. The minimum Gasteiger partial charge on any atom is -0.431 e. The number of carbonyl (C=O) groups is 1. The van der Waals surface area contributed by atoms with E-state index in [4.69, 9.17) is 10.3 Å². The summed E-state index contributed by atoms with van der Waals surface area (Å²) in [5.74, 6) is 4.61. The van der Waals surface area contributed by atoms with Crippen LogP contribution in [0.2, 0.25) is 0 Å². The van der Waals surface area contributed by atoms with Crippen molar-refractivity contribution in [3.63, 3.8) is 0 Å². The molecule has 112 valence electrons. The molecular formula is C12H14N4O4S. The first-order valence-electron chi connectivity index (χ1n) is 5.89. The van der Waals surface area contributed by atoms with Crippen LogP contribution in [0.1, 0.15) is 15.9 Å². The van der Waals surface area contributed by atoms with Crippen molar-refractivity contribution in [2.24, 2.45) is 5.84 Å². The smallest absolute Gasteiger partial charge is 0.311 e. The van der Waals surface area contributed by atoms with Crippen molar-refractivity contribution in [3.05, 3.63) is 47.9 Å². The molecule has 8 nitrogen and oxygen atoms in total. The first kappa shape index (κ1) is 15.0. The summed E-state index contributed by atoms with van der Waals surface area (Å²) in [6, 6.07) is 6.35. The number of nitrogen functional groups attached to an aromatic ring is 1. The number of oxazole rings is 1. The average Bonchev–Trinajstić information content (AvgIpc) is 2.97. The summed E-state index contributed by atoms with van der Waals surface area (Å²) in [4.78, 5) is 15.2. The molecule has 2 aromatic rings. The number of amides is 1. The second-order valence-electron chi connectivity index (χ2n) is 4.25. The average molecular weight is 310 g/mol. The minimum atomic E-state index is -3.54. The number of aromatic nitrogens is 1. The molecule has 0 bridgehead atoms. The first-order chi connectivity index (χ1) is 9.91. The van der Waals surface area contributed by atoms with Gasteiger partial charge in [0.25, 0.3) is 5.91 Å². The number of nitrogens with one attached hydrogen (secondary N) is 1. The van der Waals surface area contributed by atoms with E-state index in [0.29, 0.717) is 11.1 Å². The van der Waals surface area contributed by atoms with Gasteiger partial charge >= 0.3 is 6.01 Å². The third-order valence-corrected chi connectivity index (χ3v) is 3.79. The van der Waals surface area contributed by atoms with Crippen molar-refractivity contribution in [2.75, 3.05) is 10.6 Å². The van der Waals surface area contributed by atoms with Gasteiger partial charge in [0.15, 0.2) is 0 Å². The standard InChI is InChI=1S/C12H14N4O4S/c1-21(18,19)16(12-14-6-7-20-12)8-9-2-4-10(5-3-9)11(17)15-13/h2-7H,8,13H2,1H3,(H,15,17). The van der Waals surface area contributed by atoms with Gasteiger partial charge in [0.05, 0.1) is 19.0 Å². The zero-order chi connectivity index (χ0) is 15.5. The first-order valence-corrected chi connectivity index (χ1v) is 7.73. The third kappa shape index (κ3) is 3.58. The molecule has 21 heavy (non-hydrogen) atoms. The van der Waals surface area contributed by atoms with E-state index in [1.165, 1.54) is 12.5 Å². The van der Waals surface area contributed by atoms with Crippen LogP contribution in [0.3, 0.4) is 0 Å². The van der Waals surface area contributed by atoms with Crippen LogP contribution in [-0.4, -0.2) is 25.6 Å².